The van der Waals surface area contributed by atoms with Gasteiger partial charge in [0.25, 0.3) is 0 Å². The van der Waals surface area contributed by atoms with Crippen molar-refractivity contribution >= 4 is 23.3 Å². The second-order valence-corrected chi connectivity index (χ2v) is 5.87. The van der Waals surface area contributed by atoms with Gasteiger partial charge in [-0.25, -0.2) is 0 Å². The molecule has 5 heteroatoms. The Labute approximate surface area is 124 Å². The van der Waals surface area contributed by atoms with Gasteiger partial charge in [-0.15, -0.1) is 0 Å². The smallest absolute Gasteiger partial charge is 0.178 e. The van der Waals surface area contributed by atoms with Gasteiger partial charge in [-0.05, 0) is 44.6 Å². The number of aromatic nitrogens is 2. The van der Waals surface area contributed by atoms with E-state index in [4.69, 9.17) is 21.7 Å². The number of hydrogen-bond acceptors (Lipinski definition) is 3. The van der Waals surface area contributed by atoms with Crippen LogP contribution in [0, 0.1) is 4.77 Å². The van der Waals surface area contributed by atoms with E-state index in [1.54, 1.807) is 7.11 Å². The zero-order chi connectivity index (χ0) is 14.8. The van der Waals surface area contributed by atoms with Gasteiger partial charge in [0.05, 0.1) is 24.3 Å². The molecule has 110 valence electrons. The Morgan fingerprint density at radius 3 is 2.75 bits per heavy atom. The topological polar surface area (TPSA) is 39.2 Å². The number of methoxy groups -OCH3 is 1. The van der Waals surface area contributed by atoms with Gasteiger partial charge in [0, 0.05) is 7.11 Å². The number of imidazole rings is 1. The summed E-state index contributed by atoms with van der Waals surface area (Å²) in [5, 5.41) is 0. The normalized spacial score (nSPS) is 12.0. The highest BCUT2D eigenvalue weighted by Gasteiger charge is 2.20. The lowest BCUT2D eigenvalue weighted by Crippen LogP contribution is -2.29. The number of benzene rings is 1. The highest BCUT2D eigenvalue weighted by atomic mass is 32.1. The Bertz CT molecular complexity index is 643. The summed E-state index contributed by atoms with van der Waals surface area (Å²) >= 11 is 5.44. The monoisotopic (exact) mass is 294 g/mol. The van der Waals surface area contributed by atoms with Crippen LogP contribution in [0.3, 0.4) is 0 Å². The molecule has 1 aromatic carbocycles. The maximum atomic E-state index is 5.77. The first-order valence-electron chi connectivity index (χ1n) is 6.88. The number of aromatic amines is 1. The van der Waals surface area contributed by atoms with Crippen LogP contribution in [0.5, 0.6) is 5.75 Å². The lowest BCUT2D eigenvalue weighted by molar-refractivity contribution is 0.00873. The number of ether oxygens (including phenoxy) is 2. The number of fused-ring (bicyclic) bond motifs is 1. The van der Waals surface area contributed by atoms with Gasteiger partial charge in [-0.3, -0.25) is 0 Å². The second-order valence-electron chi connectivity index (χ2n) is 5.48. The molecule has 1 heterocycles. The Kier molecular flexibility index (Phi) is 4.50. The zero-order valence-corrected chi connectivity index (χ0v) is 13.3. The predicted molar refractivity (Wildman–Crippen MR) is 84.0 cm³/mol. The van der Waals surface area contributed by atoms with Crippen LogP contribution in [-0.4, -0.2) is 28.9 Å². The zero-order valence-electron chi connectivity index (χ0n) is 12.5. The molecular weight excluding hydrogens is 272 g/mol. The van der Waals surface area contributed by atoms with E-state index < -0.39 is 0 Å². The second kappa shape index (κ2) is 5.97. The van der Waals surface area contributed by atoms with Crippen molar-refractivity contribution in [3.05, 3.63) is 23.0 Å². The van der Waals surface area contributed by atoms with Gasteiger partial charge in [0.1, 0.15) is 11.3 Å². The molecule has 0 atom stereocenters. The maximum Gasteiger partial charge on any atom is 0.178 e. The average Bonchev–Trinajstić information content (AvgIpc) is 2.73. The molecule has 1 N–H and O–H groups in total. The summed E-state index contributed by atoms with van der Waals surface area (Å²) in [6.45, 7) is 7.58. The van der Waals surface area contributed by atoms with Crippen LogP contribution in [0.15, 0.2) is 18.2 Å². The van der Waals surface area contributed by atoms with E-state index in [-0.39, 0.29) is 5.60 Å². The molecule has 0 aliphatic heterocycles. The van der Waals surface area contributed by atoms with Crippen LogP contribution in [0.2, 0.25) is 0 Å². The SMILES string of the molecule is CCCOc1cccc2c1[nH]c(=S)n2CC(C)(C)OC. The van der Waals surface area contributed by atoms with Gasteiger partial charge < -0.3 is 19.0 Å². The van der Waals surface area contributed by atoms with Gasteiger partial charge in [0.2, 0.25) is 0 Å². The summed E-state index contributed by atoms with van der Waals surface area (Å²) in [7, 11) is 1.72. The van der Waals surface area contributed by atoms with E-state index in [2.05, 4.69) is 16.5 Å². The van der Waals surface area contributed by atoms with Crippen molar-refractivity contribution in [3.8, 4) is 5.75 Å². The molecule has 2 aromatic rings. The molecule has 0 spiro atoms. The highest BCUT2D eigenvalue weighted by molar-refractivity contribution is 7.71. The van der Waals surface area contributed by atoms with Crippen LogP contribution >= 0.6 is 12.2 Å². The van der Waals surface area contributed by atoms with Crippen molar-refractivity contribution < 1.29 is 9.47 Å². The average molecular weight is 294 g/mol. The van der Waals surface area contributed by atoms with E-state index in [9.17, 15) is 0 Å². The Balaban J connectivity index is 2.47. The van der Waals surface area contributed by atoms with Gasteiger partial charge in [-0.1, -0.05) is 13.0 Å². The molecular formula is C15H22N2O2S. The van der Waals surface area contributed by atoms with Crippen molar-refractivity contribution in [1.82, 2.24) is 9.55 Å². The van der Waals surface area contributed by atoms with E-state index >= 15 is 0 Å². The number of H-pyrrole nitrogens is 1. The number of rotatable bonds is 6. The summed E-state index contributed by atoms with van der Waals surface area (Å²) in [5.41, 5.74) is 1.74. The highest BCUT2D eigenvalue weighted by Crippen LogP contribution is 2.26. The minimum Gasteiger partial charge on any atom is -0.491 e. The van der Waals surface area contributed by atoms with Crippen LogP contribution in [0.25, 0.3) is 11.0 Å². The third kappa shape index (κ3) is 3.04. The van der Waals surface area contributed by atoms with Gasteiger partial charge in [0.15, 0.2) is 4.77 Å². The fourth-order valence-corrected chi connectivity index (χ4v) is 2.35. The van der Waals surface area contributed by atoms with Crippen LogP contribution in [-0.2, 0) is 11.3 Å². The molecule has 1 aromatic heterocycles. The summed E-state index contributed by atoms with van der Waals surface area (Å²) in [6, 6.07) is 6.01. The van der Waals surface area contributed by atoms with Gasteiger partial charge in [-0.2, -0.15) is 0 Å². The molecule has 0 saturated carbocycles. The summed E-state index contributed by atoms with van der Waals surface area (Å²) in [6.07, 6.45) is 0.981. The number of para-hydroxylation sites is 1. The van der Waals surface area contributed by atoms with Crippen molar-refractivity contribution in [2.45, 2.75) is 39.3 Å². The molecule has 0 bridgehead atoms. The molecule has 0 aliphatic rings. The Morgan fingerprint density at radius 2 is 2.10 bits per heavy atom. The largest absolute Gasteiger partial charge is 0.491 e. The summed E-state index contributed by atoms with van der Waals surface area (Å²) in [4.78, 5) is 3.25. The standard InChI is InChI=1S/C15H22N2O2S/c1-5-9-19-12-8-6-7-11-13(12)16-14(20)17(11)10-15(2,3)18-4/h6-8H,5,9-10H2,1-4H3,(H,16,20). The van der Waals surface area contributed by atoms with Crippen LogP contribution in [0.4, 0.5) is 0 Å². The predicted octanol–water partition coefficient (Wildman–Crippen LogP) is 3.91. The third-order valence-corrected chi connectivity index (χ3v) is 3.65. The number of hydrogen-bond donors (Lipinski definition) is 1. The van der Waals surface area contributed by atoms with Crippen molar-refractivity contribution in [2.24, 2.45) is 0 Å². The fourth-order valence-electron chi connectivity index (χ4n) is 2.09. The molecule has 0 aliphatic carbocycles. The van der Waals surface area contributed by atoms with E-state index in [1.807, 2.05) is 32.0 Å². The van der Waals surface area contributed by atoms with E-state index in [0.717, 1.165) is 23.2 Å². The van der Waals surface area contributed by atoms with Crippen molar-refractivity contribution in [3.63, 3.8) is 0 Å². The molecule has 0 unspecified atom stereocenters. The van der Waals surface area contributed by atoms with E-state index in [0.29, 0.717) is 17.9 Å². The third-order valence-electron chi connectivity index (χ3n) is 3.33. The summed E-state index contributed by atoms with van der Waals surface area (Å²) in [5.74, 6) is 0.851. The molecule has 4 nitrogen and oxygen atoms in total. The number of nitrogens with zero attached hydrogens (tertiary/aromatic N) is 1. The quantitative estimate of drug-likeness (QED) is 0.821. The lowest BCUT2D eigenvalue weighted by atomic mass is 10.1. The molecule has 2 rings (SSSR count). The van der Waals surface area contributed by atoms with Gasteiger partial charge >= 0.3 is 0 Å². The maximum absolute atomic E-state index is 5.77. The molecule has 0 radical (unpaired) electrons. The van der Waals surface area contributed by atoms with Crippen LogP contribution < -0.4 is 4.74 Å². The lowest BCUT2D eigenvalue weighted by Gasteiger charge is -2.23. The first-order chi connectivity index (χ1) is 9.48. The van der Waals surface area contributed by atoms with E-state index in [1.165, 1.54) is 0 Å². The first kappa shape index (κ1) is 15.1. The van der Waals surface area contributed by atoms with Crippen molar-refractivity contribution in [1.29, 1.82) is 0 Å². The van der Waals surface area contributed by atoms with Crippen LogP contribution in [0.1, 0.15) is 27.2 Å². The molecule has 0 fully saturated rings. The minimum atomic E-state index is -0.270. The molecule has 20 heavy (non-hydrogen) atoms. The molecule has 0 amide bonds. The Hall–Kier alpha value is -1.33. The van der Waals surface area contributed by atoms with Crippen molar-refractivity contribution in [2.75, 3.05) is 13.7 Å². The molecule has 0 saturated heterocycles. The minimum absolute atomic E-state index is 0.270. The Morgan fingerprint density at radius 1 is 1.35 bits per heavy atom. The number of nitrogens with one attached hydrogen (secondary N) is 1. The first-order valence-corrected chi connectivity index (χ1v) is 7.29. The fraction of sp³-hybridized carbons (Fsp3) is 0.533. The summed E-state index contributed by atoms with van der Waals surface area (Å²) < 4.78 is 14.0.